The predicted molar refractivity (Wildman–Crippen MR) is 121 cm³/mol. The first-order chi connectivity index (χ1) is 15.4. The summed E-state index contributed by atoms with van der Waals surface area (Å²) in [6, 6.07) is 10.9. The molecule has 0 fully saturated rings. The van der Waals surface area contributed by atoms with Crippen LogP contribution in [0.5, 0.6) is 11.6 Å². The number of aromatic amines is 2. The van der Waals surface area contributed by atoms with E-state index in [1.165, 1.54) is 4.57 Å². The van der Waals surface area contributed by atoms with Gasteiger partial charge in [-0.15, -0.1) is 0 Å². The quantitative estimate of drug-likeness (QED) is 0.392. The molecule has 0 amide bonds. The zero-order chi connectivity index (χ0) is 22.6. The van der Waals surface area contributed by atoms with Crippen LogP contribution in [-0.4, -0.2) is 33.3 Å². The van der Waals surface area contributed by atoms with Crippen LogP contribution in [0.4, 0.5) is 0 Å². The molecule has 0 saturated heterocycles. The third-order valence-corrected chi connectivity index (χ3v) is 6.15. The second-order valence-corrected chi connectivity index (χ2v) is 8.36. The molecule has 1 aliphatic rings. The molecule has 32 heavy (non-hydrogen) atoms. The Morgan fingerprint density at radius 2 is 1.84 bits per heavy atom. The Kier molecular flexibility index (Phi) is 4.67. The van der Waals surface area contributed by atoms with Crippen LogP contribution in [0.15, 0.2) is 46.0 Å². The van der Waals surface area contributed by atoms with Crippen LogP contribution in [-0.2, 0) is 6.42 Å². The standard InChI is InChI=1S/C24H24N4O4/c1-12-8-13(2)10-14(9-12)28-23(30)19(22(29)27-24(28)31)21-20-16(6-7-25-21)17-11-15(32-3)4-5-18(17)26-20/h4-5,8-11,21,25-26,30H,6-7H2,1-3H3,(H,27,29,31)/p+1/t21-/m0/s1. The van der Waals surface area contributed by atoms with Crippen LogP contribution in [0.3, 0.4) is 0 Å². The number of ether oxygens (including phenoxy) is 1. The van der Waals surface area contributed by atoms with E-state index in [2.05, 4.69) is 9.97 Å². The molecule has 5 rings (SSSR count). The molecule has 1 atom stereocenters. The van der Waals surface area contributed by atoms with E-state index in [9.17, 15) is 14.7 Å². The fraction of sp³-hybridized carbons (Fsp3) is 0.250. The summed E-state index contributed by atoms with van der Waals surface area (Å²) in [4.78, 5) is 31.4. The molecule has 1 aliphatic heterocycles. The van der Waals surface area contributed by atoms with Gasteiger partial charge in [0.05, 0.1) is 25.0 Å². The number of methoxy groups -OCH3 is 1. The highest BCUT2D eigenvalue weighted by Gasteiger charge is 2.34. The molecule has 8 heteroatoms. The average Bonchev–Trinajstić information content (AvgIpc) is 3.11. The van der Waals surface area contributed by atoms with Gasteiger partial charge in [-0.3, -0.25) is 9.78 Å². The Morgan fingerprint density at radius 3 is 2.56 bits per heavy atom. The molecule has 0 unspecified atom stereocenters. The molecule has 3 heterocycles. The number of aromatic hydroxyl groups is 1. The molecular weight excluding hydrogens is 408 g/mol. The summed E-state index contributed by atoms with van der Waals surface area (Å²) in [5.41, 5.74) is 4.21. The maximum Gasteiger partial charge on any atom is 0.335 e. The smallest absolute Gasteiger partial charge is 0.335 e. The Labute approximate surface area is 183 Å². The van der Waals surface area contributed by atoms with Crippen molar-refractivity contribution in [3.8, 4) is 17.3 Å². The van der Waals surface area contributed by atoms with E-state index >= 15 is 0 Å². The largest absolute Gasteiger partial charge is 0.497 e. The lowest BCUT2D eigenvalue weighted by molar-refractivity contribution is -0.690. The van der Waals surface area contributed by atoms with Crippen molar-refractivity contribution < 1.29 is 15.2 Å². The van der Waals surface area contributed by atoms with Gasteiger partial charge < -0.3 is 20.1 Å². The van der Waals surface area contributed by atoms with Crippen LogP contribution in [0.1, 0.15) is 34.0 Å². The summed E-state index contributed by atoms with van der Waals surface area (Å²) >= 11 is 0. The molecular formula is C24H25N4O4+. The summed E-state index contributed by atoms with van der Waals surface area (Å²) in [5.74, 6) is 0.420. The minimum Gasteiger partial charge on any atom is -0.497 e. The van der Waals surface area contributed by atoms with Gasteiger partial charge in [-0.25, -0.2) is 9.36 Å². The lowest BCUT2D eigenvalue weighted by Crippen LogP contribution is -2.87. The van der Waals surface area contributed by atoms with Crippen molar-refractivity contribution in [2.75, 3.05) is 13.7 Å². The molecule has 5 N–H and O–H groups in total. The van der Waals surface area contributed by atoms with Crippen molar-refractivity contribution >= 4 is 10.9 Å². The van der Waals surface area contributed by atoms with E-state index < -0.39 is 17.3 Å². The van der Waals surface area contributed by atoms with Crippen LogP contribution in [0, 0.1) is 13.8 Å². The highest BCUT2D eigenvalue weighted by molar-refractivity contribution is 5.86. The van der Waals surface area contributed by atoms with Gasteiger partial charge in [-0.05, 0) is 60.9 Å². The molecule has 164 valence electrons. The molecule has 0 aliphatic carbocycles. The normalized spacial score (nSPS) is 15.7. The van der Waals surface area contributed by atoms with E-state index in [-0.39, 0.29) is 11.4 Å². The zero-order valence-corrected chi connectivity index (χ0v) is 18.2. The van der Waals surface area contributed by atoms with Crippen molar-refractivity contribution in [3.63, 3.8) is 0 Å². The summed E-state index contributed by atoms with van der Waals surface area (Å²) in [5, 5.41) is 14.3. The second kappa shape index (κ2) is 7.42. The third-order valence-electron chi connectivity index (χ3n) is 6.15. The van der Waals surface area contributed by atoms with Crippen molar-refractivity contribution in [2.24, 2.45) is 0 Å². The zero-order valence-electron chi connectivity index (χ0n) is 18.2. The summed E-state index contributed by atoms with van der Waals surface area (Å²) in [6.07, 6.45) is 0.814. The first kappa shape index (κ1) is 20.1. The number of rotatable bonds is 3. The minimum absolute atomic E-state index is 0.156. The summed E-state index contributed by atoms with van der Waals surface area (Å²) in [7, 11) is 1.63. The number of fused-ring (bicyclic) bond motifs is 3. The molecule has 2 aromatic carbocycles. The van der Waals surface area contributed by atoms with E-state index in [4.69, 9.17) is 4.74 Å². The highest BCUT2D eigenvalue weighted by Crippen LogP contribution is 2.34. The van der Waals surface area contributed by atoms with E-state index in [1.54, 1.807) is 19.2 Å². The fourth-order valence-corrected chi connectivity index (χ4v) is 4.82. The Morgan fingerprint density at radius 1 is 1.09 bits per heavy atom. The van der Waals surface area contributed by atoms with Crippen molar-refractivity contribution in [3.05, 3.63) is 85.2 Å². The second-order valence-electron chi connectivity index (χ2n) is 8.36. The maximum atomic E-state index is 12.9. The highest BCUT2D eigenvalue weighted by atomic mass is 16.5. The first-order valence-corrected chi connectivity index (χ1v) is 10.6. The van der Waals surface area contributed by atoms with Crippen molar-refractivity contribution in [1.82, 2.24) is 14.5 Å². The van der Waals surface area contributed by atoms with Crippen molar-refractivity contribution in [2.45, 2.75) is 26.3 Å². The van der Waals surface area contributed by atoms with Gasteiger partial charge in [0, 0.05) is 17.3 Å². The number of nitrogens with one attached hydrogen (secondary N) is 2. The van der Waals surface area contributed by atoms with Crippen molar-refractivity contribution in [1.29, 1.82) is 0 Å². The van der Waals surface area contributed by atoms with Gasteiger partial charge in [-0.1, -0.05) is 6.07 Å². The Bertz CT molecular complexity index is 1460. The van der Waals surface area contributed by atoms with Gasteiger partial charge in [0.2, 0.25) is 5.88 Å². The van der Waals surface area contributed by atoms with Gasteiger partial charge in [0.15, 0.2) is 6.04 Å². The Hall–Kier alpha value is -3.78. The maximum absolute atomic E-state index is 12.9. The lowest BCUT2D eigenvalue weighted by Gasteiger charge is -2.22. The van der Waals surface area contributed by atoms with Gasteiger partial charge >= 0.3 is 5.69 Å². The third kappa shape index (κ3) is 3.11. The number of H-pyrrole nitrogens is 2. The van der Waals surface area contributed by atoms with Crippen LogP contribution in [0.2, 0.25) is 0 Å². The summed E-state index contributed by atoms with van der Waals surface area (Å²) < 4.78 is 6.55. The number of aromatic nitrogens is 3. The van der Waals surface area contributed by atoms with Crippen LogP contribution < -0.4 is 21.3 Å². The van der Waals surface area contributed by atoms with Gasteiger partial charge in [-0.2, -0.15) is 0 Å². The van der Waals surface area contributed by atoms with Crippen LogP contribution >= 0.6 is 0 Å². The number of nitrogens with zero attached hydrogens (tertiary/aromatic N) is 1. The van der Waals surface area contributed by atoms with Crippen LogP contribution in [0.25, 0.3) is 16.6 Å². The fourth-order valence-electron chi connectivity index (χ4n) is 4.82. The monoisotopic (exact) mass is 433 g/mol. The number of quaternary nitrogens is 1. The number of aryl methyl sites for hydroxylation is 2. The SMILES string of the molecule is COc1ccc2[nH]c3c(c2c1)CC[NH2+][C@H]3c1c(O)n(-c2cc(C)cc(C)c2)c(=O)[nH]c1=O. The first-order valence-electron chi connectivity index (χ1n) is 10.6. The molecule has 0 radical (unpaired) electrons. The van der Waals surface area contributed by atoms with Gasteiger partial charge in [0.1, 0.15) is 11.3 Å². The van der Waals surface area contributed by atoms with E-state index in [0.717, 1.165) is 52.0 Å². The molecule has 2 aromatic heterocycles. The summed E-state index contributed by atoms with van der Waals surface area (Å²) in [6.45, 7) is 4.58. The lowest BCUT2D eigenvalue weighted by atomic mass is 9.95. The van der Waals surface area contributed by atoms with E-state index in [0.29, 0.717) is 5.69 Å². The molecule has 0 spiro atoms. The number of nitrogens with two attached hydrogens (primary N) is 1. The van der Waals surface area contributed by atoms with E-state index in [1.807, 2.05) is 43.4 Å². The topological polar surface area (TPSA) is 117 Å². The predicted octanol–water partition coefficient (Wildman–Crippen LogP) is 1.55. The number of benzene rings is 2. The number of hydrogen-bond donors (Lipinski definition) is 4. The van der Waals surface area contributed by atoms with Gasteiger partial charge in [0.25, 0.3) is 5.56 Å². The Balaban J connectivity index is 1.73. The minimum atomic E-state index is -0.668. The molecule has 0 saturated carbocycles. The molecule has 0 bridgehead atoms. The molecule has 8 nitrogen and oxygen atoms in total. The number of hydrogen-bond acceptors (Lipinski definition) is 4. The average molecular weight is 433 g/mol. The molecule has 4 aromatic rings.